The zero-order chi connectivity index (χ0) is 13.7. The van der Waals surface area contributed by atoms with Crippen molar-refractivity contribution in [2.45, 2.75) is 45.3 Å². The third kappa shape index (κ3) is 4.28. The Morgan fingerprint density at radius 3 is 2.95 bits per heavy atom. The van der Waals surface area contributed by atoms with Gasteiger partial charge in [0.05, 0.1) is 17.9 Å². The van der Waals surface area contributed by atoms with E-state index in [-0.39, 0.29) is 12.2 Å². The van der Waals surface area contributed by atoms with E-state index in [1.54, 1.807) is 12.1 Å². The van der Waals surface area contributed by atoms with Crippen molar-refractivity contribution in [1.82, 2.24) is 4.98 Å². The molecule has 106 valence electrons. The van der Waals surface area contributed by atoms with Crippen LogP contribution in [0.25, 0.3) is 0 Å². The minimum atomic E-state index is 0.0340. The van der Waals surface area contributed by atoms with E-state index in [4.69, 9.17) is 19.9 Å². The van der Waals surface area contributed by atoms with Crippen LogP contribution in [0.2, 0.25) is 0 Å². The first-order chi connectivity index (χ1) is 9.15. The molecule has 1 aromatic heterocycles. The fraction of sp³-hybridized carbons (Fsp3) is 0.643. The van der Waals surface area contributed by atoms with Crippen molar-refractivity contribution in [3.63, 3.8) is 0 Å². The molecule has 1 fully saturated rings. The molecule has 0 aromatic carbocycles. The molecule has 1 aliphatic rings. The predicted octanol–water partition coefficient (Wildman–Crippen LogP) is 2.40. The number of hydrogen-bond donors (Lipinski definition) is 1. The molecule has 2 rings (SSSR count). The monoisotopic (exact) mass is 266 g/mol. The van der Waals surface area contributed by atoms with Gasteiger partial charge in [-0.2, -0.15) is 4.98 Å². The van der Waals surface area contributed by atoms with Crippen molar-refractivity contribution >= 4 is 5.69 Å². The van der Waals surface area contributed by atoms with Crippen LogP contribution in [0.5, 0.6) is 11.8 Å². The van der Waals surface area contributed by atoms with E-state index in [1.807, 2.05) is 13.8 Å². The summed E-state index contributed by atoms with van der Waals surface area (Å²) in [4.78, 5) is 4.27. The first-order valence-electron chi connectivity index (χ1n) is 6.82. The summed E-state index contributed by atoms with van der Waals surface area (Å²) >= 11 is 0. The minimum Gasteiger partial charge on any atom is -0.475 e. The second kappa shape index (κ2) is 6.61. The molecule has 1 atom stereocenters. The van der Waals surface area contributed by atoms with E-state index in [1.165, 1.54) is 6.42 Å². The molecule has 0 aliphatic carbocycles. The maximum atomic E-state index is 5.81. The van der Waals surface area contributed by atoms with E-state index in [0.29, 0.717) is 24.1 Å². The summed E-state index contributed by atoms with van der Waals surface area (Å²) in [6, 6.07) is 3.51. The van der Waals surface area contributed by atoms with Gasteiger partial charge < -0.3 is 19.9 Å². The van der Waals surface area contributed by atoms with E-state index in [0.717, 1.165) is 19.4 Å². The Bertz CT molecular complexity index is 404. The number of rotatable bonds is 5. The van der Waals surface area contributed by atoms with Crippen LogP contribution in [0.15, 0.2) is 12.1 Å². The number of hydrogen-bond acceptors (Lipinski definition) is 5. The molecule has 19 heavy (non-hydrogen) atoms. The molecule has 1 saturated heterocycles. The standard InChI is InChI=1S/C14H22N2O3/c1-10(2)19-14-12(15)6-7-13(16-14)18-9-11-5-3-4-8-17-11/h6-7,10-11H,3-5,8-9,15H2,1-2H3. The molecule has 0 radical (unpaired) electrons. The average Bonchev–Trinajstić information content (AvgIpc) is 2.40. The molecule has 5 nitrogen and oxygen atoms in total. The lowest BCUT2D eigenvalue weighted by Gasteiger charge is -2.22. The average molecular weight is 266 g/mol. The summed E-state index contributed by atoms with van der Waals surface area (Å²) in [5.41, 5.74) is 6.33. The third-order valence-corrected chi connectivity index (χ3v) is 2.90. The normalized spacial score (nSPS) is 19.4. The number of aromatic nitrogens is 1. The first-order valence-corrected chi connectivity index (χ1v) is 6.82. The van der Waals surface area contributed by atoms with Crippen LogP contribution in [0.1, 0.15) is 33.1 Å². The molecule has 2 heterocycles. The lowest BCUT2D eigenvalue weighted by atomic mass is 10.1. The third-order valence-electron chi connectivity index (χ3n) is 2.90. The molecule has 1 unspecified atom stereocenters. The molecule has 1 aromatic rings. The van der Waals surface area contributed by atoms with Crippen LogP contribution in [0.4, 0.5) is 5.69 Å². The van der Waals surface area contributed by atoms with Crippen molar-refractivity contribution < 1.29 is 14.2 Å². The maximum absolute atomic E-state index is 5.81. The zero-order valence-electron chi connectivity index (χ0n) is 11.6. The van der Waals surface area contributed by atoms with Crippen molar-refractivity contribution in [3.8, 4) is 11.8 Å². The van der Waals surface area contributed by atoms with Gasteiger partial charge in [0.1, 0.15) is 6.61 Å². The summed E-state index contributed by atoms with van der Waals surface area (Å²) in [6.07, 6.45) is 3.59. The second-order valence-corrected chi connectivity index (χ2v) is 5.01. The van der Waals surface area contributed by atoms with Gasteiger partial charge in [0.25, 0.3) is 0 Å². The summed E-state index contributed by atoms with van der Waals surface area (Å²) in [5, 5.41) is 0. The van der Waals surface area contributed by atoms with E-state index >= 15 is 0 Å². The fourth-order valence-corrected chi connectivity index (χ4v) is 1.95. The highest BCUT2D eigenvalue weighted by molar-refractivity contribution is 5.49. The van der Waals surface area contributed by atoms with Crippen LogP contribution in [0.3, 0.4) is 0 Å². The van der Waals surface area contributed by atoms with Gasteiger partial charge in [-0.3, -0.25) is 0 Å². The highest BCUT2D eigenvalue weighted by Crippen LogP contribution is 2.23. The number of pyridine rings is 1. The first kappa shape index (κ1) is 13.9. The van der Waals surface area contributed by atoms with Crippen molar-refractivity contribution in [2.24, 2.45) is 0 Å². The number of nitrogen functional groups attached to an aromatic ring is 1. The van der Waals surface area contributed by atoms with E-state index in [9.17, 15) is 0 Å². The molecule has 2 N–H and O–H groups in total. The van der Waals surface area contributed by atoms with Crippen LogP contribution >= 0.6 is 0 Å². The van der Waals surface area contributed by atoms with Gasteiger partial charge in [0.15, 0.2) is 0 Å². The Kier molecular flexibility index (Phi) is 4.85. The number of anilines is 1. The summed E-state index contributed by atoms with van der Waals surface area (Å²) in [6.45, 7) is 5.22. The Morgan fingerprint density at radius 1 is 1.42 bits per heavy atom. The van der Waals surface area contributed by atoms with Gasteiger partial charge in [-0.25, -0.2) is 0 Å². The van der Waals surface area contributed by atoms with Crippen LogP contribution in [-0.4, -0.2) is 30.4 Å². The Labute approximate surface area is 114 Å². The molecule has 0 amide bonds. The molecule has 0 saturated carbocycles. The molecule has 0 bridgehead atoms. The van der Waals surface area contributed by atoms with Crippen LogP contribution < -0.4 is 15.2 Å². The Balaban J connectivity index is 1.92. The quantitative estimate of drug-likeness (QED) is 0.886. The molecule has 0 spiro atoms. The van der Waals surface area contributed by atoms with Gasteiger partial charge in [0, 0.05) is 12.7 Å². The van der Waals surface area contributed by atoms with Crippen LogP contribution in [0, 0.1) is 0 Å². The fourth-order valence-electron chi connectivity index (χ4n) is 1.95. The minimum absolute atomic E-state index is 0.0340. The summed E-state index contributed by atoms with van der Waals surface area (Å²) < 4.78 is 16.8. The topological polar surface area (TPSA) is 66.6 Å². The van der Waals surface area contributed by atoms with E-state index in [2.05, 4.69) is 4.98 Å². The maximum Gasteiger partial charge on any atom is 0.240 e. The molecule has 1 aliphatic heterocycles. The van der Waals surface area contributed by atoms with Gasteiger partial charge in [-0.05, 0) is 39.2 Å². The highest BCUT2D eigenvalue weighted by atomic mass is 16.5. The summed E-state index contributed by atoms with van der Waals surface area (Å²) in [7, 11) is 0. The second-order valence-electron chi connectivity index (χ2n) is 5.01. The molecular weight excluding hydrogens is 244 g/mol. The van der Waals surface area contributed by atoms with Crippen molar-refractivity contribution in [1.29, 1.82) is 0 Å². The molecular formula is C14H22N2O3. The zero-order valence-corrected chi connectivity index (χ0v) is 11.6. The number of nitrogens with zero attached hydrogens (tertiary/aromatic N) is 1. The Morgan fingerprint density at radius 2 is 2.26 bits per heavy atom. The number of ether oxygens (including phenoxy) is 3. The van der Waals surface area contributed by atoms with Crippen LogP contribution in [-0.2, 0) is 4.74 Å². The van der Waals surface area contributed by atoms with Crippen molar-refractivity contribution in [2.75, 3.05) is 18.9 Å². The lowest BCUT2D eigenvalue weighted by molar-refractivity contribution is -0.0120. The summed E-state index contributed by atoms with van der Waals surface area (Å²) in [5.74, 6) is 0.955. The largest absolute Gasteiger partial charge is 0.475 e. The smallest absolute Gasteiger partial charge is 0.240 e. The Hall–Kier alpha value is -1.49. The lowest BCUT2D eigenvalue weighted by Crippen LogP contribution is -2.26. The highest BCUT2D eigenvalue weighted by Gasteiger charge is 2.15. The van der Waals surface area contributed by atoms with Gasteiger partial charge in [0.2, 0.25) is 11.8 Å². The van der Waals surface area contributed by atoms with Crippen molar-refractivity contribution in [3.05, 3.63) is 12.1 Å². The molecule has 5 heteroatoms. The van der Waals surface area contributed by atoms with Gasteiger partial charge in [-0.1, -0.05) is 0 Å². The van der Waals surface area contributed by atoms with E-state index < -0.39 is 0 Å². The predicted molar refractivity (Wildman–Crippen MR) is 73.5 cm³/mol. The van der Waals surface area contributed by atoms with Gasteiger partial charge in [-0.15, -0.1) is 0 Å². The SMILES string of the molecule is CC(C)Oc1nc(OCC2CCCCO2)ccc1N. The number of nitrogens with two attached hydrogens (primary N) is 1. The van der Waals surface area contributed by atoms with Gasteiger partial charge >= 0.3 is 0 Å².